The van der Waals surface area contributed by atoms with Gasteiger partial charge in [-0.15, -0.1) is 0 Å². The molecule has 0 spiro atoms. The number of fused-ring (bicyclic) bond motifs is 1. The van der Waals surface area contributed by atoms with E-state index in [1.807, 2.05) is 13.8 Å². The van der Waals surface area contributed by atoms with Crippen LogP contribution in [0.4, 0.5) is 5.69 Å². The van der Waals surface area contributed by atoms with Gasteiger partial charge >= 0.3 is 0 Å². The normalized spacial score (nSPS) is 10.9. The van der Waals surface area contributed by atoms with Crippen molar-refractivity contribution in [2.45, 2.75) is 20.8 Å². The molecule has 0 bridgehead atoms. The van der Waals surface area contributed by atoms with E-state index in [2.05, 4.69) is 21.2 Å². The number of furan rings is 1. The van der Waals surface area contributed by atoms with Gasteiger partial charge in [0.15, 0.2) is 0 Å². The van der Waals surface area contributed by atoms with E-state index in [0.29, 0.717) is 32.5 Å². The highest BCUT2D eigenvalue weighted by atomic mass is 79.9. The lowest BCUT2D eigenvalue weighted by atomic mass is 10.1. The molecule has 1 N–H and O–H groups in total. The second-order valence-corrected chi connectivity index (χ2v) is 7.51. The molecule has 2 rings (SSSR count). The first-order valence-corrected chi connectivity index (χ1v) is 9.69. The van der Waals surface area contributed by atoms with E-state index in [1.54, 1.807) is 26.1 Å². The van der Waals surface area contributed by atoms with Crippen LogP contribution >= 0.6 is 15.9 Å². The maximum atomic E-state index is 11.9. The molecular formula is C15H21BrN2O4S. The first-order chi connectivity index (χ1) is 10.7. The van der Waals surface area contributed by atoms with Crippen molar-refractivity contribution in [1.29, 1.82) is 0 Å². The maximum absolute atomic E-state index is 11.9. The Morgan fingerprint density at radius 1 is 1.30 bits per heavy atom. The summed E-state index contributed by atoms with van der Waals surface area (Å²) in [5.41, 5.74) is 1.35. The van der Waals surface area contributed by atoms with Crippen molar-refractivity contribution < 1.29 is 17.6 Å². The molecule has 0 saturated carbocycles. The molecule has 1 aromatic heterocycles. The molecular weight excluding hydrogens is 384 g/mol. The van der Waals surface area contributed by atoms with Crippen molar-refractivity contribution >= 4 is 48.5 Å². The van der Waals surface area contributed by atoms with Gasteiger partial charge in [0, 0.05) is 30.0 Å². The number of carbonyl (C=O) groups excluding carboxylic acids is 1. The third-order valence-corrected chi connectivity index (χ3v) is 5.05. The molecule has 8 heteroatoms. The summed E-state index contributed by atoms with van der Waals surface area (Å²) in [6, 6.07) is 3.29. The summed E-state index contributed by atoms with van der Waals surface area (Å²) in [5, 5.41) is 3.19. The lowest BCUT2D eigenvalue weighted by molar-refractivity contribution is 0.0963. The van der Waals surface area contributed by atoms with E-state index in [1.165, 1.54) is 7.05 Å². The van der Waals surface area contributed by atoms with Gasteiger partial charge in [-0.25, -0.2) is 8.42 Å². The molecule has 1 aromatic carbocycles. The second-order valence-electron chi connectivity index (χ2n) is 4.64. The topological polar surface area (TPSA) is 79.6 Å². The summed E-state index contributed by atoms with van der Waals surface area (Å²) < 4.78 is 30.6. The van der Waals surface area contributed by atoms with E-state index < -0.39 is 10.0 Å². The molecule has 0 aliphatic rings. The highest BCUT2D eigenvalue weighted by Gasteiger charge is 2.21. The molecule has 0 fully saturated rings. The smallest absolute Gasteiger partial charge is 0.255 e. The van der Waals surface area contributed by atoms with Crippen LogP contribution in [0.5, 0.6) is 0 Å². The van der Waals surface area contributed by atoms with Crippen LogP contribution in [0.1, 0.15) is 30.0 Å². The first-order valence-electron chi connectivity index (χ1n) is 7.05. The summed E-state index contributed by atoms with van der Waals surface area (Å²) in [5.74, 6) is 0.234. The van der Waals surface area contributed by atoms with Crippen LogP contribution in [0, 0.1) is 6.92 Å². The molecule has 1 heterocycles. The summed E-state index contributed by atoms with van der Waals surface area (Å²) in [6.07, 6.45) is 1.12. The average Bonchev–Trinajstić information content (AvgIpc) is 2.81. The summed E-state index contributed by atoms with van der Waals surface area (Å²) in [7, 11) is -0.391. The van der Waals surface area contributed by atoms with Gasteiger partial charge in [0.2, 0.25) is 10.0 Å². The largest absolute Gasteiger partial charge is 0.460 e. The summed E-state index contributed by atoms with van der Waals surface area (Å²) in [4.78, 5) is 11.9. The van der Waals surface area contributed by atoms with Crippen LogP contribution < -0.4 is 9.62 Å². The molecule has 0 atom stereocenters. The van der Waals surface area contributed by atoms with Gasteiger partial charge in [0.1, 0.15) is 11.3 Å². The summed E-state index contributed by atoms with van der Waals surface area (Å²) >= 11 is 3.35. The predicted octanol–water partition coefficient (Wildman–Crippen LogP) is 3.29. The van der Waals surface area contributed by atoms with Gasteiger partial charge in [-0.2, -0.15) is 0 Å². The van der Waals surface area contributed by atoms with Gasteiger partial charge in [-0.1, -0.05) is 13.8 Å². The van der Waals surface area contributed by atoms with Gasteiger partial charge in [-0.3, -0.25) is 9.10 Å². The number of nitrogens with zero attached hydrogens (tertiary/aromatic N) is 1. The molecule has 0 saturated heterocycles. The first kappa shape index (κ1) is 19.5. The maximum Gasteiger partial charge on any atom is 0.255 e. The number of hydrogen-bond donors (Lipinski definition) is 1. The fourth-order valence-electron chi connectivity index (χ4n) is 2.06. The minimum absolute atomic E-state index is 0.248. The van der Waals surface area contributed by atoms with Crippen LogP contribution in [-0.4, -0.2) is 34.7 Å². The van der Waals surface area contributed by atoms with Crippen molar-refractivity contribution in [2.24, 2.45) is 0 Å². The Kier molecular flexibility index (Phi) is 6.24. The zero-order chi connectivity index (χ0) is 17.9. The lowest BCUT2D eigenvalue weighted by Crippen LogP contribution is -2.25. The molecule has 0 aliphatic carbocycles. The van der Waals surface area contributed by atoms with Gasteiger partial charge in [0.25, 0.3) is 5.91 Å². The van der Waals surface area contributed by atoms with Crippen LogP contribution in [0.25, 0.3) is 11.0 Å². The Balaban J connectivity index is 0.00000127. The van der Waals surface area contributed by atoms with E-state index >= 15 is 0 Å². The zero-order valence-electron chi connectivity index (χ0n) is 14.0. The number of rotatable bonds is 3. The third-order valence-electron chi connectivity index (χ3n) is 3.22. The van der Waals surface area contributed by atoms with E-state index in [9.17, 15) is 13.2 Å². The minimum atomic E-state index is -3.39. The molecule has 0 radical (unpaired) electrons. The van der Waals surface area contributed by atoms with E-state index in [-0.39, 0.29) is 5.91 Å². The Hall–Kier alpha value is -1.54. The quantitative estimate of drug-likeness (QED) is 0.850. The summed E-state index contributed by atoms with van der Waals surface area (Å²) in [6.45, 7) is 5.69. The molecule has 6 nitrogen and oxygen atoms in total. The predicted molar refractivity (Wildman–Crippen MR) is 96.6 cm³/mol. The molecule has 0 unspecified atom stereocenters. The molecule has 23 heavy (non-hydrogen) atoms. The lowest BCUT2D eigenvalue weighted by Gasteiger charge is -2.18. The van der Waals surface area contributed by atoms with E-state index in [4.69, 9.17) is 4.42 Å². The highest BCUT2D eigenvalue weighted by Crippen LogP contribution is 2.35. The van der Waals surface area contributed by atoms with Crippen molar-refractivity contribution in [3.8, 4) is 0 Å². The van der Waals surface area contributed by atoms with Crippen molar-refractivity contribution in [3.05, 3.63) is 27.9 Å². The molecule has 0 aliphatic heterocycles. The Bertz CT molecular complexity index is 828. The number of sulfonamides is 1. The average molecular weight is 405 g/mol. The number of aryl methyl sites for hydroxylation is 1. The number of nitrogens with one attached hydrogen (secondary N) is 1. The van der Waals surface area contributed by atoms with Crippen molar-refractivity contribution in [3.63, 3.8) is 0 Å². The van der Waals surface area contributed by atoms with E-state index in [0.717, 1.165) is 10.6 Å². The zero-order valence-corrected chi connectivity index (χ0v) is 16.4. The number of halogens is 1. The van der Waals surface area contributed by atoms with Crippen LogP contribution in [0.3, 0.4) is 0 Å². The van der Waals surface area contributed by atoms with Crippen LogP contribution in [-0.2, 0) is 10.0 Å². The fraction of sp³-hybridized carbons (Fsp3) is 0.400. The third kappa shape index (κ3) is 3.87. The Labute approximate surface area is 145 Å². The highest BCUT2D eigenvalue weighted by molar-refractivity contribution is 9.10. The van der Waals surface area contributed by atoms with Gasteiger partial charge in [0.05, 0.1) is 17.5 Å². The van der Waals surface area contributed by atoms with Crippen molar-refractivity contribution in [1.82, 2.24) is 5.32 Å². The van der Waals surface area contributed by atoms with Gasteiger partial charge in [-0.05, 0) is 28.9 Å². The minimum Gasteiger partial charge on any atom is -0.460 e. The van der Waals surface area contributed by atoms with Crippen molar-refractivity contribution in [2.75, 3.05) is 24.7 Å². The molecule has 1 amide bonds. The van der Waals surface area contributed by atoms with Gasteiger partial charge < -0.3 is 9.73 Å². The fourth-order valence-corrected chi connectivity index (χ4v) is 3.29. The second kappa shape index (κ2) is 7.35. The monoisotopic (exact) mass is 404 g/mol. The number of amides is 1. The SMILES string of the molecule is CC.CNC(=O)c1c(C)oc2cc(N(C)S(C)(=O)=O)c(Br)cc12. The number of benzene rings is 1. The number of hydrogen-bond acceptors (Lipinski definition) is 4. The molecule has 128 valence electrons. The number of anilines is 1. The van der Waals surface area contributed by atoms with Crippen LogP contribution in [0.15, 0.2) is 21.0 Å². The molecule has 2 aromatic rings. The standard InChI is InChI=1S/C13H15BrN2O4S.C2H6/c1-7-12(13(17)15-2)8-5-9(14)10(6-11(8)20-7)16(3)21(4,18)19;1-2/h5-6H,1-4H3,(H,15,17);1-2H3. The van der Waals surface area contributed by atoms with Crippen LogP contribution in [0.2, 0.25) is 0 Å². The number of carbonyl (C=O) groups is 1. The Morgan fingerprint density at radius 2 is 1.87 bits per heavy atom. The Morgan fingerprint density at radius 3 is 2.35 bits per heavy atom.